The molecule has 5 rings (SSSR count). The van der Waals surface area contributed by atoms with E-state index in [0.29, 0.717) is 22.2 Å². The number of aromatic nitrogens is 1. The van der Waals surface area contributed by atoms with Crippen molar-refractivity contribution in [3.05, 3.63) is 94.4 Å². The quantitative estimate of drug-likeness (QED) is 0.0966. The van der Waals surface area contributed by atoms with Gasteiger partial charge >= 0.3 is 0 Å². The summed E-state index contributed by atoms with van der Waals surface area (Å²) >= 11 is 0. The lowest BCUT2D eigenvalue weighted by atomic mass is 9.95. The largest absolute Gasteiger partial charge is 0.496 e. The van der Waals surface area contributed by atoms with Gasteiger partial charge in [-0.3, -0.25) is 19.2 Å². The van der Waals surface area contributed by atoms with Crippen molar-refractivity contribution in [2.45, 2.75) is 50.8 Å². The van der Waals surface area contributed by atoms with E-state index < -0.39 is 94.1 Å². The number of ether oxygens (including phenoxy) is 2. The van der Waals surface area contributed by atoms with Crippen LogP contribution in [-0.4, -0.2) is 65.9 Å². The van der Waals surface area contributed by atoms with Crippen LogP contribution in [0.2, 0.25) is 0 Å². The molecule has 16 heteroatoms. The Morgan fingerprint density at radius 2 is 1.65 bits per heavy atom. The Balaban J connectivity index is 1.41. The van der Waals surface area contributed by atoms with Crippen LogP contribution in [0.1, 0.15) is 48.3 Å². The van der Waals surface area contributed by atoms with Crippen LogP contribution < -0.4 is 25.4 Å². The van der Waals surface area contributed by atoms with Gasteiger partial charge in [-0.1, -0.05) is 18.2 Å². The van der Waals surface area contributed by atoms with Gasteiger partial charge in [0.25, 0.3) is 5.91 Å². The zero-order valence-corrected chi connectivity index (χ0v) is 28.2. The number of benzene rings is 3. The Morgan fingerprint density at radius 3 is 2.27 bits per heavy atom. The number of rotatable bonds is 14. The number of hydrogen-bond donors (Lipinski definition) is 5. The average Bonchev–Trinajstić information content (AvgIpc) is 3.72. The highest BCUT2D eigenvalue weighted by Gasteiger charge is 2.36. The molecule has 1 aromatic heterocycles. The van der Waals surface area contributed by atoms with Gasteiger partial charge in [-0.15, -0.1) is 0 Å². The summed E-state index contributed by atoms with van der Waals surface area (Å²) in [6, 6.07) is 8.80. The van der Waals surface area contributed by atoms with Crippen molar-refractivity contribution in [3.63, 3.8) is 0 Å². The number of H-pyrrole nitrogens is 1. The van der Waals surface area contributed by atoms with E-state index in [2.05, 4.69) is 20.9 Å². The van der Waals surface area contributed by atoms with E-state index in [4.69, 9.17) is 9.47 Å². The topological polar surface area (TPSA) is 159 Å². The zero-order chi connectivity index (χ0) is 37.9. The number of nitrogens with one attached hydrogen (secondary N) is 4. The minimum absolute atomic E-state index is 0.0410. The van der Waals surface area contributed by atoms with Crippen molar-refractivity contribution in [2.75, 3.05) is 20.3 Å². The van der Waals surface area contributed by atoms with Crippen LogP contribution in [-0.2, 0) is 26.4 Å². The first kappa shape index (κ1) is 37.7. The fourth-order valence-corrected chi connectivity index (χ4v) is 5.99. The number of fused-ring (bicyclic) bond motifs is 1. The van der Waals surface area contributed by atoms with E-state index in [1.54, 1.807) is 18.2 Å². The third kappa shape index (κ3) is 8.17. The van der Waals surface area contributed by atoms with Gasteiger partial charge in [-0.2, -0.15) is 8.78 Å². The van der Waals surface area contributed by atoms with Gasteiger partial charge in [0.15, 0.2) is 23.2 Å². The maximum Gasteiger partial charge on any atom is 0.268 e. The number of ketones is 1. The Bertz CT molecular complexity index is 2000. The van der Waals surface area contributed by atoms with E-state index >= 15 is 0 Å². The van der Waals surface area contributed by atoms with Crippen molar-refractivity contribution in [1.82, 2.24) is 20.9 Å². The van der Waals surface area contributed by atoms with Gasteiger partial charge in [0.1, 0.15) is 29.9 Å². The van der Waals surface area contributed by atoms with Crippen LogP contribution in [0.5, 0.6) is 11.5 Å². The minimum atomic E-state index is -2.32. The third-order valence-corrected chi connectivity index (χ3v) is 8.62. The van der Waals surface area contributed by atoms with Crippen LogP contribution in [0.3, 0.4) is 0 Å². The van der Waals surface area contributed by atoms with Crippen LogP contribution in [0, 0.1) is 35.0 Å². The molecule has 0 aliphatic carbocycles. The number of hydrogen-bond acceptors (Lipinski definition) is 7. The lowest BCUT2D eigenvalue weighted by Gasteiger charge is -2.25. The molecule has 11 nitrogen and oxygen atoms in total. The summed E-state index contributed by atoms with van der Waals surface area (Å²) in [5.74, 6) is -13.6. The molecule has 1 saturated heterocycles. The molecule has 276 valence electrons. The van der Waals surface area contributed by atoms with E-state index in [1.807, 2.05) is 0 Å². The van der Waals surface area contributed by atoms with Crippen molar-refractivity contribution < 1.29 is 55.7 Å². The summed E-state index contributed by atoms with van der Waals surface area (Å²) in [5.41, 5.74) is -2.72. The molecule has 0 unspecified atom stereocenters. The first-order valence-corrected chi connectivity index (χ1v) is 16.1. The van der Waals surface area contributed by atoms with Crippen LogP contribution in [0.25, 0.3) is 10.9 Å². The number of Topliss-reactive ketones (excluding diaryl/α,β-unsaturated/α-hetero) is 1. The maximum absolute atomic E-state index is 14.9. The van der Waals surface area contributed by atoms with Gasteiger partial charge in [-0.05, 0) is 62.6 Å². The molecule has 5 N–H and O–H groups in total. The SMILES string of the molecule is COc1cccc2[nH]c(C(=O)N[C@@H](Cc3cccc(F)c3)C(=O)N[C@@H](C[C@@H]3CCNC3=O)C(=O)COc3c(F)c(F)c(C(C)(C)O)c(F)c3F)cc12. The predicted molar refractivity (Wildman–Crippen MR) is 176 cm³/mol. The Hall–Kier alpha value is -5.51. The van der Waals surface area contributed by atoms with Gasteiger partial charge in [0, 0.05) is 29.8 Å². The second kappa shape index (κ2) is 15.4. The fourth-order valence-electron chi connectivity index (χ4n) is 5.99. The number of halogens is 5. The highest BCUT2D eigenvalue weighted by molar-refractivity contribution is 6.02. The minimum Gasteiger partial charge on any atom is -0.496 e. The maximum atomic E-state index is 14.9. The van der Waals surface area contributed by atoms with Crippen molar-refractivity contribution >= 4 is 34.4 Å². The normalized spacial score (nSPS) is 15.6. The summed E-state index contributed by atoms with van der Waals surface area (Å²) < 4.78 is 83.5. The van der Waals surface area contributed by atoms with E-state index in [0.717, 1.165) is 19.9 Å². The van der Waals surface area contributed by atoms with Gasteiger partial charge in [0.2, 0.25) is 23.4 Å². The summed E-state index contributed by atoms with van der Waals surface area (Å²) in [4.78, 5) is 56.2. The first-order chi connectivity index (χ1) is 24.6. The Morgan fingerprint density at radius 1 is 0.962 bits per heavy atom. The molecule has 0 radical (unpaired) electrons. The number of carbonyl (C=O) groups is 4. The first-order valence-electron chi connectivity index (χ1n) is 16.1. The molecule has 4 aromatic rings. The van der Waals surface area contributed by atoms with Crippen LogP contribution in [0.4, 0.5) is 22.0 Å². The summed E-state index contributed by atoms with van der Waals surface area (Å²) in [5, 5.41) is 18.2. The molecule has 0 bridgehead atoms. The second-order valence-electron chi connectivity index (χ2n) is 12.8. The van der Waals surface area contributed by atoms with Crippen LogP contribution in [0.15, 0.2) is 48.5 Å². The predicted octanol–water partition coefficient (Wildman–Crippen LogP) is 4.10. The monoisotopic (exact) mass is 730 g/mol. The smallest absolute Gasteiger partial charge is 0.268 e. The Labute approximate surface area is 293 Å². The summed E-state index contributed by atoms with van der Waals surface area (Å²) in [7, 11) is 1.45. The third-order valence-electron chi connectivity index (χ3n) is 8.62. The lowest BCUT2D eigenvalue weighted by molar-refractivity contribution is -0.131. The molecule has 3 atom stereocenters. The molecule has 52 heavy (non-hydrogen) atoms. The van der Waals surface area contributed by atoms with E-state index in [9.17, 15) is 46.2 Å². The lowest BCUT2D eigenvalue weighted by Crippen LogP contribution is -2.53. The van der Waals surface area contributed by atoms with Gasteiger partial charge in [-0.25, -0.2) is 13.2 Å². The molecule has 2 heterocycles. The Kier molecular flexibility index (Phi) is 11.2. The molecule has 1 fully saturated rings. The highest BCUT2D eigenvalue weighted by Crippen LogP contribution is 2.35. The molecule has 1 aliphatic heterocycles. The number of carbonyl (C=O) groups excluding carboxylic acids is 4. The van der Waals surface area contributed by atoms with Crippen molar-refractivity contribution in [1.29, 1.82) is 0 Å². The molecular formula is C36H35F5N4O7. The molecule has 0 spiro atoms. The molecule has 3 amide bonds. The second-order valence-corrected chi connectivity index (χ2v) is 12.8. The number of methoxy groups -OCH3 is 1. The number of amides is 3. The summed E-state index contributed by atoms with van der Waals surface area (Å²) in [6.45, 7) is 0.868. The summed E-state index contributed by atoms with van der Waals surface area (Å²) in [6.07, 6.45) is -0.305. The van der Waals surface area contributed by atoms with Crippen molar-refractivity contribution in [2.24, 2.45) is 5.92 Å². The average molecular weight is 731 g/mol. The van der Waals surface area contributed by atoms with E-state index in [-0.39, 0.29) is 31.5 Å². The molecular weight excluding hydrogens is 695 g/mol. The number of aromatic amines is 1. The van der Waals surface area contributed by atoms with E-state index in [1.165, 1.54) is 31.4 Å². The van der Waals surface area contributed by atoms with Gasteiger partial charge < -0.3 is 35.5 Å². The molecule has 3 aromatic carbocycles. The standard InChI is InChI=1S/C36H35F5N4O7/c1-36(2,50)27-28(38)30(40)32(31(41)29(27)39)52-16-25(46)22(14-18-10-11-42-33(18)47)44-34(48)23(13-17-6-4-7-19(37)12-17)45-35(49)24-15-20-21(43-24)8-5-9-26(20)51-3/h4-9,12,15,18,22-23,43,50H,10-11,13-14,16H2,1-3H3,(H,42,47)(H,44,48)(H,45,49)/t18-,22-,23-/m0/s1. The molecule has 0 saturated carbocycles. The van der Waals surface area contributed by atoms with Crippen molar-refractivity contribution in [3.8, 4) is 11.5 Å². The fraction of sp³-hybridized carbons (Fsp3) is 0.333. The van der Waals surface area contributed by atoms with Gasteiger partial charge in [0.05, 0.1) is 24.3 Å². The zero-order valence-electron chi connectivity index (χ0n) is 28.2. The van der Waals surface area contributed by atoms with Crippen LogP contribution >= 0.6 is 0 Å². The highest BCUT2D eigenvalue weighted by atomic mass is 19.2. The number of aliphatic hydroxyl groups is 1. The molecule has 1 aliphatic rings.